The Bertz CT molecular complexity index is 1010. The van der Waals surface area contributed by atoms with Crippen LogP contribution in [0.5, 0.6) is 11.5 Å². The predicted molar refractivity (Wildman–Crippen MR) is 150 cm³/mol. The molecule has 0 aromatic heterocycles. The summed E-state index contributed by atoms with van der Waals surface area (Å²) in [6, 6.07) is 2.63. The van der Waals surface area contributed by atoms with Crippen LogP contribution in [0.1, 0.15) is 75.8 Å². The lowest BCUT2D eigenvalue weighted by Gasteiger charge is -2.41. The molecule has 1 aliphatic carbocycles. The van der Waals surface area contributed by atoms with Gasteiger partial charge in [-0.25, -0.2) is 0 Å². The van der Waals surface area contributed by atoms with Crippen LogP contribution in [0.15, 0.2) is 23.8 Å². The number of benzene rings is 1. The maximum atomic E-state index is 13.5. The average molecular weight is 563 g/mol. The van der Waals surface area contributed by atoms with Crippen LogP contribution >= 0.6 is 0 Å². The van der Waals surface area contributed by atoms with E-state index in [-0.39, 0.29) is 25.7 Å². The minimum atomic E-state index is -1.12. The van der Waals surface area contributed by atoms with Gasteiger partial charge in [-0.05, 0) is 43.5 Å². The summed E-state index contributed by atoms with van der Waals surface area (Å²) in [4.78, 5) is 28.6. The minimum absolute atomic E-state index is 0.0588. The number of fused-ring (bicyclic) bond motifs is 3. The van der Waals surface area contributed by atoms with Crippen LogP contribution < -0.4 is 14.8 Å². The fourth-order valence-corrected chi connectivity index (χ4v) is 5.56. The van der Waals surface area contributed by atoms with Crippen molar-refractivity contribution < 1.29 is 39.1 Å². The number of carbonyl (C=O) groups is 2. The molecule has 40 heavy (non-hydrogen) atoms. The Morgan fingerprint density at radius 2 is 1.88 bits per heavy atom. The number of amides is 2. The zero-order valence-corrected chi connectivity index (χ0v) is 24.1. The molecule has 0 saturated carbocycles. The largest absolute Gasteiger partial charge is 0.493 e. The molecule has 0 radical (unpaired) electrons. The lowest BCUT2D eigenvalue weighted by Crippen LogP contribution is -2.56. The molecule has 224 valence electrons. The highest BCUT2D eigenvalue weighted by molar-refractivity contribution is 5.96. The van der Waals surface area contributed by atoms with E-state index in [9.17, 15) is 24.9 Å². The highest BCUT2D eigenvalue weighted by Crippen LogP contribution is 2.51. The third kappa shape index (κ3) is 7.54. The smallest absolute Gasteiger partial charge is 0.247 e. The summed E-state index contributed by atoms with van der Waals surface area (Å²) in [5, 5.41) is 33.5. The van der Waals surface area contributed by atoms with Crippen molar-refractivity contribution >= 4 is 11.8 Å². The molecule has 10 nitrogen and oxygen atoms in total. The molecule has 3 rings (SSSR count). The molecule has 2 aliphatic rings. The minimum Gasteiger partial charge on any atom is -0.493 e. The van der Waals surface area contributed by atoms with E-state index in [4.69, 9.17) is 14.2 Å². The molecule has 0 bridgehead atoms. The van der Waals surface area contributed by atoms with Crippen molar-refractivity contribution in [2.45, 2.75) is 89.6 Å². The third-order valence-corrected chi connectivity index (χ3v) is 7.56. The van der Waals surface area contributed by atoms with Crippen molar-refractivity contribution in [2.75, 3.05) is 40.0 Å². The van der Waals surface area contributed by atoms with Gasteiger partial charge in [0, 0.05) is 43.9 Å². The fourth-order valence-electron chi connectivity index (χ4n) is 5.56. The summed E-state index contributed by atoms with van der Waals surface area (Å²) in [6.07, 6.45) is 5.67. The normalized spacial score (nSPS) is 21.2. The zero-order chi connectivity index (χ0) is 29.1. The first-order valence-electron chi connectivity index (χ1n) is 14.6. The maximum absolute atomic E-state index is 13.5. The first kappa shape index (κ1) is 31.9. The van der Waals surface area contributed by atoms with E-state index in [0.29, 0.717) is 60.8 Å². The molecular weight excluding hydrogens is 516 g/mol. The Kier molecular flexibility index (Phi) is 12.7. The van der Waals surface area contributed by atoms with Gasteiger partial charge in [0.15, 0.2) is 11.5 Å². The molecule has 1 aromatic carbocycles. The molecule has 0 saturated heterocycles. The predicted octanol–water partition coefficient (Wildman–Crippen LogP) is 2.43. The summed E-state index contributed by atoms with van der Waals surface area (Å²) < 4.78 is 17.3. The van der Waals surface area contributed by atoms with E-state index < -0.39 is 30.1 Å². The van der Waals surface area contributed by atoms with Gasteiger partial charge < -0.3 is 39.7 Å². The highest BCUT2D eigenvalue weighted by atomic mass is 16.5. The lowest BCUT2D eigenvalue weighted by atomic mass is 9.77. The van der Waals surface area contributed by atoms with Crippen molar-refractivity contribution in [1.82, 2.24) is 10.2 Å². The number of carbonyl (C=O) groups excluding carboxylic acids is 2. The topological polar surface area (TPSA) is 138 Å². The van der Waals surface area contributed by atoms with Crippen molar-refractivity contribution in [3.8, 4) is 11.5 Å². The molecule has 10 heteroatoms. The molecule has 0 spiro atoms. The van der Waals surface area contributed by atoms with Crippen molar-refractivity contribution in [3.63, 3.8) is 0 Å². The highest BCUT2D eigenvalue weighted by Gasteiger charge is 2.51. The zero-order valence-electron chi connectivity index (χ0n) is 24.1. The molecule has 1 aromatic rings. The molecule has 0 fully saturated rings. The Morgan fingerprint density at radius 3 is 2.55 bits per heavy atom. The van der Waals surface area contributed by atoms with E-state index in [1.54, 1.807) is 23.1 Å². The van der Waals surface area contributed by atoms with Crippen LogP contribution in [0.4, 0.5) is 0 Å². The third-order valence-electron chi connectivity index (χ3n) is 7.56. The van der Waals surface area contributed by atoms with Gasteiger partial charge in [0.05, 0.1) is 32.3 Å². The molecule has 2 amide bonds. The molecule has 4 atom stereocenters. The van der Waals surface area contributed by atoms with Gasteiger partial charge in [-0.15, -0.1) is 0 Å². The second-order valence-corrected chi connectivity index (χ2v) is 10.3. The number of aliphatic hydroxyl groups is 3. The summed E-state index contributed by atoms with van der Waals surface area (Å²) in [7, 11) is 1.49. The number of ether oxygens (including phenoxy) is 3. The van der Waals surface area contributed by atoms with Gasteiger partial charge in [-0.1, -0.05) is 32.6 Å². The van der Waals surface area contributed by atoms with Crippen LogP contribution in [0.3, 0.4) is 0 Å². The van der Waals surface area contributed by atoms with Gasteiger partial charge in [0.1, 0.15) is 12.2 Å². The number of aliphatic hydroxyl groups excluding tert-OH is 3. The van der Waals surface area contributed by atoms with Crippen LogP contribution in [0, 0.1) is 0 Å². The van der Waals surface area contributed by atoms with Gasteiger partial charge >= 0.3 is 0 Å². The maximum Gasteiger partial charge on any atom is 0.247 e. The molecule has 4 N–H and O–H groups in total. The molecule has 0 unspecified atom stereocenters. The van der Waals surface area contributed by atoms with Crippen molar-refractivity contribution in [1.29, 1.82) is 0 Å². The second-order valence-electron chi connectivity index (χ2n) is 10.3. The van der Waals surface area contributed by atoms with E-state index in [0.717, 1.165) is 32.1 Å². The Balaban J connectivity index is 1.98. The van der Waals surface area contributed by atoms with Gasteiger partial charge in [-0.3, -0.25) is 9.59 Å². The van der Waals surface area contributed by atoms with Gasteiger partial charge in [0.2, 0.25) is 11.8 Å². The number of nitrogens with one attached hydrogen (secondary N) is 1. The Labute approximate surface area is 237 Å². The SMILES string of the molecule is CCCCCCCC(=O)N(CCCOCC)[C@@H]1C=C(C(=O)NCCO)[C@@H]2c3cc(CO)cc(OC)c3O[C@@H]2[C@H]1O. The van der Waals surface area contributed by atoms with Gasteiger partial charge in [0.25, 0.3) is 0 Å². The quantitative estimate of drug-likeness (QED) is 0.213. The van der Waals surface area contributed by atoms with Gasteiger partial charge in [-0.2, -0.15) is 0 Å². The van der Waals surface area contributed by atoms with E-state index in [1.165, 1.54) is 7.11 Å². The summed E-state index contributed by atoms with van der Waals surface area (Å²) in [6.45, 7) is 5.06. The molecule has 1 aliphatic heterocycles. The van der Waals surface area contributed by atoms with Crippen molar-refractivity contribution in [2.24, 2.45) is 0 Å². The van der Waals surface area contributed by atoms with Crippen LogP contribution in [0.2, 0.25) is 0 Å². The number of unbranched alkanes of at least 4 members (excludes halogenated alkanes) is 4. The number of nitrogens with zero attached hydrogens (tertiary/aromatic N) is 1. The first-order chi connectivity index (χ1) is 19.4. The Hall–Kier alpha value is -2.66. The molecular formula is C30H46N2O8. The van der Waals surface area contributed by atoms with Crippen molar-refractivity contribution in [3.05, 3.63) is 34.9 Å². The monoisotopic (exact) mass is 562 g/mol. The fraction of sp³-hybridized carbons (Fsp3) is 0.667. The first-order valence-corrected chi connectivity index (χ1v) is 14.6. The van der Waals surface area contributed by atoms with E-state index in [1.807, 2.05) is 6.92 Å². The Morgan fingerprint density at radius 1 is 1.10 bits per heavy atom. The summed E-state index contributed by atoms with van der Waals surface area (Å²) in [5.41, 5.74) is 1.55. The molecule has 1 heterocycles. The van der Waals surface area contributed by atoms with Crippen LogP contribution in [0.25, 0.3) is 0 Å². The number of rotatable bonds is 17. The average Bonchev–Trinajstić information content (AvgIpc) is 3.36. The second kappa shape index (κ2) is 16.0. The van der Waals surface area contributed by atoms with Crippen LogP contribution in [-0.2, 0) is 20.9 Å². The standard InChI is InChI=1S/C30H46N2O8/c1-4-6-7-8-9-11-25(35)32(13-10-15-39-5-2)23-18-22(30(37)31-12-14-33)26-21-16-20(19-34)17-24(38-3)28(21)40-29(26)27(23)36/h16-18,23,26-27,29,33-34,36H,4-15,19H2,1-3H3,(H,31,37)/t23-,26+,27+,29+/m1/s1. The number of hydrogen-bond acceptors (Lipinski definition) is 8. The van der Waals surface area contributed by atoms with E-state index >= 15 is 0 Å². The number of methoxy groups -OCH3 is 1. The van der Waals surface area contributed by atoms with Crippen LogP contribution in [-0.4, -0.2) is 90.3 Å². The lowest BCUT2D eigenvalue weighted by molar-refractivity contribution is -0.137. The summed E-state index contributed by atoms with van der Waals surface area (Å²) in [5.74, 6) is -0.341. The number of hydrogen-bond donors (Lipinski definition) is 4. The summed E-state index contributed by atoms with van der Waals surface area (Å²) >= 11 is 0. The van der Waals surface area contributed by atoms with E-state index in [2.05, 4.69) is 12.2 Å².